The second kappa shape index (κ2) is 5.96. The van der Waals surface area contributed by atoms with Gasteiger partial charge in [0.1, 0.15) is 11.9 Å². The summed E-state index contributed by atoms with van der Waals surface area (Å²) in [5.41, 5.74) is 0.856. The van der Waals surface area contributed by atoms with Crippen LogP contribution in [-0.4, -0.2) is 24.1 Å². The number of ether oxygens (including phenoxy) is 1. The minimum atomic E-state index is -0.481. The molecule has 1 heterocycles. The van der Waals surface area contributed by atoms with Crippen LogP contribution in [0.25, 0.3) is 0 Å². The first-order valence-corrected chi connectivity index (χ1v) is 6.17. The summed E-state index contributed by atoms with van der Waals surface area (Å²) in [6, 6.07) is 3.70. The Morgan fingerprint density at radius 2 is 2.17 bits per heavy atom. The van der Waals surface area contributed by atoms with Crippen LogP contribution in [0.2, 0.25) is 0 Å². The van der Waals surface area contributed by atoms with Crippen LogP contribution in [0.3, 0.4) is 0 Å². The molecule has 1 unspecified atom stereocenters. The molecule has 4 nitrogen and oxygen atoms in total. The van der Waals surface area contributed by atoms with Crippen molar-refractivity contribution >= 4 is 11.7 Å². The summed E-state index contributed by atoms with van der Waals surface area (Å²) in [7, 11) is 1.56. The quantitative estimate of drug-likeness (QED) is 0.874. The van der Waals surface area contributed by atoms with Gasteiger partial charge in [-0.05, 0) is 30.4 Å². The van der Waals surface area contributed by atoms with Crippen molar-refractivity contribution in [1.82, 2.24) is 4.98 Å². The lowest BCUT2D eigenvalue weighted by atomic mass is 9.83. The number of aromatic nitrogens is 1. The van der Waals surface area contributed by atoms with Crippen molar-refractivity contribution in [2.75, 3.05) is 12.4 Å². The van der Waals surface area contributed by atoms with Crippen molar-refractivity contribution in [1.29, 1.82) is 0 Å². The van der Waals surface area contributed by atoms with Crippen LogP contribution in [0.15, 0.2) is 18.3 Å². The summed E-state index contributed by atoms with van der Waals surface area (Å²) in [4.78, 5) is 16.3. The molecule has 0 saturated heterocycles. The average molecular weight is 250 g/mol. The highest BCUT2D eigenvalue weighted by atomic mass is 16.5. The lowest BCUT2D eigenvalue weighted by molar-refractivity contribution is -0.132. The predicted octanol–water partition coefficient (Wildman–Crippen LogP) is 2.78. The standard InChI is InChI=1S/C14H22N2O2/c1-6-14(3,4)12(18-5)13(17)16-11-8-7-10(2)9-15-11/h7-9,12H,6H2,1-5H3,(H,15,16,17). The number of pyridine rings is 1. The molecular formula is C14H22N2O2. The first-order valence-electron chi connectivity index (χ1n) is 6.17. The molecule has 0 bridgehead atoms. The zero-order chi connectivity index (χ0) is 13.8. The van der Waals surface area contributed by atoms with E-state index in [1.807, 2.05) is 33.8 Å². The molecule has 100 valence electrons. The number of hydrogen-bond acceptors (Lipinski definition) is 3. The number of nitrogens with zero attached hydrogens (tertiary/aromatic N) is 1. The highest BCUT2D eigenvalue weighted by molar-refractivity contribution is 5.93. The van der Waals surface area contributed by atoms with E-state index in [1.54, 1.807) is 19.4 Å². The molecule has 1 N–H and O–H groups in total. The molecule has 1 rings (SSSR count). The smallest absolute Gasteiger partial charge is 0.255 e. The highest BCUT2D eigenvalue weighted by Crippen LogP contribution is 2.27. The van der Waals surface area contributed by atoms with Gasteiger partial charge in [0, 0.05) is 13.3 Å². The zero-order valence-corrected chi connectivity index (χ0v) is 11.8. The van der Waals surface area contributed by atoms with Gasteiger partial charge < -0.3 is 10.1 Å². The minimum Gasteiger partial charge on any atom is -0.371 e. The van der Waals surface area contributed by atoms with Crippen LogP contribution in [0.5, 0.6) is 0 Å². The third-order valence-electron chi connectivity index (χ3n) is 3.26. The van der Waals surface area contributed by atoms with Gasteiger partial charge in [0.05, 0.1) is 0 Å². The Morgan fingerprint density at radius 3 is 2.61 bits per heavy atom. The molecule has 1 aromatic heterocycles. The highest BCUT2D eigenvalue weighted by Gasteiger charge is 2.34. The number of rotatable bonds is 5. The van der Waals surface area contributed by atoms with Crippen molar-refractivity contribution < 1.29 is 9.53 Å². The van der Waals surface area contributed by atoms with Gasteiger partial charge in [0.15, 0.2) is 0 Å². The average Bonchev–Trinajstić information content (AvgIpc) is 2.32. The molecule has 0 spiro atoms. The minimum absolute atomic E-state index is 0.152. The van der Waals surface area contributed by atoms with E-state index < -0.39 is 6.10 Å². The molecule has 0 fully saturated rings. The number of aryl methyl sites for hydroxylation is 1. The molecule has 0 aliphatic heterocycles. The summed E-state index contributed by atoms with van der Waals surface area (Å²) < 4.78 is 5.32. The third-order valence-corrected chi connectivity index (χ3v) is 3.26. The summed E-state index contributed by atoms with van der Waals surface area (Å²) in [5.74, 6) is 0.403. The number of carbonyl (C=O) groups is 1. The Hall–Kier alpha value is -1.42. The fraction of sp³-hybridized carbons (Fsp3) is 0.571. The predicted molar refractivity (Wildman–Crippen MR) is 72.5 cm³/mol. The number of anilines is 1. The van der Waals surface area contributed by atoms with Crippen LogP contribution in [0.4, 0.5) is 5.82 Å². The molecule has 0 aliphatic rings. The van der Waals surface area contributed by atoms with Crippen molar-refractivity contribution in [2.45, 2.75) is 40.2 Å². The van der Waals surface area contributed by atoms with Gasteiger partial charge in [-0.25, -0.2) is 4.98 Å². The Balaban J connectivity index is 2.77. The first kappa shape index (κ1) is 14.6. The van der Waals surface area contributed by atoms with E-state index in [0.29, 0.717) is 5.82 Å². The molecule has 0 aromatic carbocycles. The molecule has 0 radical (unpaired) electrons. The van der Waals surface area contributed by atoms with Crippen LogP contribution < -0.4 is 5.32 Å². The van der Waals surface area contributed by atoms with Gasteiger partial charge in [-0.2, -0.15) is 0 Å². The Morgan fingerprint density at radius 1 is 1.50 bits per heavy atom. The lowest BCUT2D eigenvalue weighted by Gasteiger charge is -2.30. The number of methoxy groups -OCH3 is 1. The van der Waals surface area contributed by atoms with Gasteiger partial charge >= 0.3 is 0 Å². The van der Waals surface area contributed by atoms with Gasteiger partial charge in [0.25, 0.3) is 5.91 Å². The number of amides is 1. The van der Waals surface area contributed by atoms with Gasteiger partial charge in [-0.15, -0.1) is 0 Å². The van der Waals surface area contributed by atoms with Crippen LogP contribution in [0, 0.1) is 12.3 Å². The van der Waals surface area contributed by atoms with E-state index in [1.165, 1.54) is 0 Å². The summed E-state index contributed by atoms with van der Waals surface area (Å²) in [6.07, 6.45) is 2.11. The van der Waals surface area contributed by atoms with Gasteiger partial charge in [0.2, 0.25) is 0 Å². The van der Waals surface area contributed by atoms with Crippen LogP contribution in [-0.2, 0) is 9.53 Å². The normalized spacial score (nSPS) is 13.2. The third kappa shape index (κ3) is 3.53. The number of hydrogen-bond donors (Lipinski definition) is 1. The fourth-order valence-electron chi connectivity index (χ4n) is 1.70. The SMILES string of the molecule is CCC(C)(C)C(OC)C(=O)Nc1ccc(C)cn1. The molecule has 0 aliphatic carbocycles. The first-order chi connectivity index (χ1) is 8.40. The van der Waals surface area contributed by atoms with Gasteiger partial charge in [-0.1, -0.05) is 26.8 Å². The number of nitrogens with one attached hydrogen (secondary N) is 1. The molecule has 1 atom stereocenters. The monoisotopic (exact) mass is 250 g/mol. The number of carbonyl (C=O) groups excluding carboxylic acids is 1. The summed E-state index contributed by atoms with van der Waals surface area (Å²) >= 11 is 0. The van der Waals surface area contributed by atoms with Crippen molar-refractivity contribution in [3.05, 3.63) is 23.9 Å². The molecular weight excluding hydrogens is 228 g/mol. The molecule has 1 aromatic rings. The van der Waals surface area contributed by atoms with E-state index in [2.05, 4.69) is 10.3 Å². The molecule has 18 heavy (non-hydrogen) atoms. The molecule has 4 heteroatoms. The Bertz CT molecular complexity index is 399. The Kier molecular flexibility index (Phi) is 4.84. The van der Waals surface area contributed by atoms with Crippen molar-refractivity contribution in [2.24, 2.45) is 5.41 Å². The second-order valence-electron chi connectivity index (χ2n) is 5.17. The molecule has 1 amide bonds. The maximum atomic E-state index is 12.2. The van der Waals surface area contributed by atoms with E-state index in [0.717, 1.165) is 12.0 Å². The van der Waals surface area contributed by atoms with E-state index >= 15 is 0 Å². The van der Waals surface area contributed by atoms with Crippen LogP contribution >= 0.6 is 0 Å². The van der Waals surface area contributed by atoms with E-state index in [9.17, 15) is 4.79 Å². The fourth-order valence-corrected chi connectivity index (χ4v) is 1.70. The van der Waals surface area contributed by atoms with Crippen molar-refractivity contribution in [3.63, 3.8) is 0 Å². The topological polar surface area (TPSA) is 51.2 Å². The molecule has 0 saturated carbocycles. The summed E-state index contributed by atoms with van der Waals surface area (Å²) in [5, 5.41) is 2.79. The Labute approximate surface area is 109 Å². The maximum absolute atomic E-state index is 12.2. The van der Waals surface area contributed by atoms with Crippen LogP contribution in [0.1, 0.15) is 32.8 Å². The summed E-state index contributed by atoms with van der Waals surface area (Å²) in [6.45, 7) is 8.03. The zero-order valence-electron chi connectivity index (χ0n) is 11.8. The largest absolute Gasteiger partial charge is 0.371 e. The maximum Gasteiger partial charge on any atom is 0.255 e. The van der Waals surface area contributed by atoms with Gasteiger partial charge in [-0.3, -0.25) is 4.79 Å². The second-order valence-corrected chi connectivity index (χ2v) is 5.17. The van der Waals surface area contributed by atoms with E-state index in [-0.39, 0.29) is 11.3 Å². The lowest BCUT2D eigenvalue weighted by Crippen LogP contribution is -2.41. The van der Waals surface area contributed by atoms with E-state index in [4.69, 9.17) is 4.74 Å². The van der Waals surface area contributed by atoms with Crippen molar-refractivity contribution in [3.8, 4) is 0 Å².